The quantitative estimate of drug-likeness (QED) is 0.613. The van der Waals surface area contributed by atoms with Gasteiger partial charge in [0.25, 0.3) is 5.91 Å². The first-order chi connectivity index (χ1) is 14.9. The normalized spacial score (nSPS) is 16.1. The van der Waals surface area contributed by atoms with Crippen LogP contribution >= 0.6 is 11.6 Å². The van der Waals surface area contributed by atoms with E-state index in [0.29, 0.717) is 5.02 Å². The van der Waals surface area contributed by atoms with E-state index in [4.69, 9.17) is 17.3 Å². The fraction of sp³-hybridized carbons (Fsp3) is 0.304. The second-order valence-electron chi connectivity index (χ2n) is 8.00. The van der Waals surface area contributed by atoms with Crippen LogP contribution in [0, 0.1) is 0 Å². The van der Waals surface area contributed by atoms with Gasteiger partial charge in [-0.15, -0.1) is 5.10 Å². The van der Waals surface area contributed by atoms with Crippen LogP contribution in [0.1, 0.15) is 60.3 Å². The Bertz CT molecular complexity index is 1090. The van der Waals surface area contributed by atoms with Crippen molar-refractivity contribution in [2.45, 2.75) is 44.1 Å². The summed E-state index contributed by atoms with van der Waals surface area (Å²) in [6.45, 7) is 1.97. The van der Waals surface area contributed by atoms with E-state index in [1.807, 2.05) is 55.5 Å². The highest BCUT2D eigenvalue weighted by Gasteiger charge is 2.43. The standard InChI is InChI=1S/C23H24ClN5O2/c1-15(16-4-10-19(11-5-16)29-14-20(21(25)30)27-28-29)26-22(31)23(12-2-3-13-23)17-6-8-18(24)9-7-17/h4-11,14-15H,2-3,12-13H2,1H3,(H2,25,30)(H,26,31). The summed E-state index contributed by atoms with van der Waals surface area (Å²) >= 11 is 6.05. The molecule has 0 bridgehead atoms. The summed E-state index contributed by atoms with van der Waals surface area (Å²) in [5, 5.41) is 11.5. The van der Waals surface area contributed by atoms with E-state index in [9.17, 15) is 9.59 Å². The molecule has 3 N–H and O–H groups in total. The van der Waals surface area contributed by atoms with Gasteiger partial charge in [-0.05, 0) is 55.2 Å². The van der Waals surface area contributed by atoms with E-state index in [2.05, 4.69) is 15.6 Å². The van der Waals surface area contributed by atoms with Crippen LogP contribution in [0.2, 0.25) is 5.02 Å². The monoisotopic (exact) mass is 437 g/mol. The minimum Gasteiger partial charge on any atom is -0.364 e. The van der Waals surface area contributed by atoms with Crippen LogP contribution < -0.4 is 11.1 Å². The Hall–Kier alpha value is -3.19. The average molecular weight is 438 g/mol. The maximum atomic E-state index is 13.4. The molecule has 4 rings (SSSR count). The fourth-order valence-corrected chi connectivity index (χ4v) is 4.36. The Morgan fingerprint density at radius 2 is 1.74 bits per heavy atom. The number of nitrogens with zero attached hydrogens (tertiary/aromatic N) is 3. The highest BCUT2D eigenvalue weighted by molar-refractivity contribution is 6.30. The minimum atomic E-state index is -0.624. The highest BCUT2D eigenvalue weighted by atomic mass is 35.5. The molecule has 2 amide bonds. The van der Waals surface area contributed by atoms with Gasteiger partial charge in [0.05, 0.1) is 23.3 Å². The van der Waals surface area contributed by atoms with E-state index >= 15 is 0 Å². The first-order valence-corrected chi connectivity index (χ1v) is 10.7. The predicted octanol–water partition coefficient (Wildman–Crippen LogP) is 3.71. The maximum absolute atomic E-state index is 13.4. The van der Waals surface area contributed by atoms with Crippen LogP contribution in [-0.2, 0) is 10.2 Å². The first-order valence-electron chi connectivity index (χ1n) is 10.3. The molecule has 1 heterocycles. The summed E-state index contributed by atoms with van der Waals surface area (Å²) in [5.41, 5.74) is 7.56. The second-order valence-corrected chi connectivity index (χ2v) is 8.43. The van der Waals surface area contributed by atoms with Crippen molar-refractivity contribution in [1.29, 1.82) is 0 Å². The summed E-state index contributed by atoms with van der Waals surface area (Å²) in [6, 6.07) is 15.0. The number of amides is 2. The number of benzene rings is 2. The minimum absolute atomic E-state index is 0.0475. The smallest absolute Gasteiger partial charge is 0.270 e. The van der Waals surface area contributed by atoms with Gasteiger partial charge in [0.15, 0.2) is 5.69 Å². The Morgan fingerprint density at radius 3 is 2.32 bits per heavy atom. The number of nitrogens with one attached hydrogen (secondary N) is 1. The van der Waals surface area contributed by atoms with Gasteiger partial charge in [0.1, 0.15) is 0 Å². The molecule has 7 nitrogen and oxygen atoms in total. The van der Waals surface area contributed by atoms with Crippen molar-refractivity contribution in [3.8, 4) is 5.69 Å². The molecule has 3 aromatic rings. The topological polar surface area (TPSA) is 103 Å². The molecular weight excluding hydrogens is 414 g/mol. The fourth-order valence-electron chi connectivity index (χ4n) is 4.23. The van der Waals surface area contributed by atoms with E-state index in [1.165, 1.54) is 10.9 Å². The number of rotatable bonds is 6. The molecule has 0 spiro atoms. The average Bonchev–Trinajstić information content (AvgIpc) is 3.45. The second kappa shape index (κ2) is 8.51. The Balaban J connectivity index is 1.50. The van der Waals surface area contributed by atoms with Gasteiger partial charge in [-0.3, -0.25) is 9.59 Å². The first kappa shape index (κ1) is 21.1. The molecule has 1 atom stereocenters. The third-order valence-corrected chi connectivity index (χ3v) is 6.29. The molecule has 8 heteroatoms. The number of carbonyl (C=O) groups excluding carboxylic acids is 2. The SMILES string of the molecule is CC(NC(=O)C1(c2ccc(Cl)cc2)CCCC1)c1ccc(-n2cc(C(N)=O)nn2)cc1. The molecule has 0 aliphatic heterocycles. The van der Waals surface area contributed by atoms with Crippen LogP contribution in [0.5, 0.6) is 0 Å². The van der Waals surface area contributed by atoms with Crippen molar-refractivity contribution >= 4 is 23.4 Å². The van der Waals surface area contributed by atoms with Crippen LogP contribution in [-0.4, -0.2) is 26.8 Å². The summed E-state index contributed by atoms with van der Waals surface area (Å²) < 4.78 is 1.49. The lowest BCUT2D eigenvalue weighted by Crippen LogP contribution is -2.43. The third-order valence-electron chi connectivity index (χ3n) is 6.04. The lowest BCUT2D eigenvalue weighted by atomic mass is 9.77. The zero-order chi connectivity index (χ0) is 22.0. The summed E-state index contributed by atoms with van der Waals surface area (Å²) in [6.07, 6.45) is 5.22. The zero-order valence-corrected chi connectivity index (χ0v) is 18.0. The van der Waals surface area contributed by atoms with Gasteiger partial charge in [-0.25, -0.2) is 4.68 Å². The van der Waals surface area contributed by atoms with Gasteiger partial charge in [-0.1, -0.05) is 53.9 Å². The highest BCUT2D eigenvalue weighted by Crippen LogP contribution is 2.42. The van der Waals surface area contributed by atoms with Crippen LogP contribution in [0.15, 0.2) is 54.7 Å². The lowest BCUT2D eigenvalue weighted by Gasteiger charge is -2.30. The Labute approximate surface area is 185 Å². The van der Waals surface area contributed by atoms with Crippen LogP contribution in [0.4, 0.5) is 0 Å². The third kappa shape index (κ3) is 4.18. The summed E-state index contributed by atoms with van der Waals surface area (Å²) in [5.74, 6) is -0.577. The number of halogens is 1. The predicted molar refractivity (Wildman–Crippen MR) is 118 cm³/mol. The van der Waals surface area contributed by atoms with Crippen LogP contribution in [0.25, 0.3) is 5.69 Å². The van der Waals surface area contributed by atoms with Gasteiger partial charge in [0.2, 0.25) is 5.91 Å². The Morgan fingerprint density at radius 1 is 1.10 bits per heavy atom. The van der Waals surface area contributed by atoms with E-state index < -0.39 is 11.3 Å². The number of nitrogens with two attached hydrogens (primary N) is 1. The summed E-state index contributed by atoms with van der Waals surface area (Å²) in [4.78, 5) is 24.6. The molecular formula is C23H24ClN5O2. The molecule has 0 radical (unpaired) electrons. The molecule has 1 aromatic heterocycles. The molecule has 1 aliphatic rings. The van der Waals surface area contributed by atoms with Crippen molar-refractivity contribution in [1.82, 2.24) is 20.3 Å². The zero-order valence-electron chi connectivity index (χ0n) is 17.2. The molecule has 1 fully saturated rings. The van der Waals surface area contributed by atoms with E-state index in [1.54, 1.807) is 0 Å². The molecule has 1 unspecified atom stereocenters. The number of carbonyl (C=O) groups is 2. The van der Waals surface area contributed by atoms with Crippen LogP contribution in [0.3, 0.4) is 0 Å². The molecule has 31 heavy (non-hydrogen) atoms. The largest absolute Gasteiger partial charge is 0.364 e. The van der Waals surface area contributed by atoms with Gasteiger partial charge < -0.3 is 11.1 Å². The van der Waals surface area contributed by atoms with E-state index in [0.717, 1.165) is 42.5 Å². The molecule has 160 valence electrons. The number of hydrogen-bond donors (Lipinski definition) is 2. The molecule has 0 saturated heterocycles. The summed E-state index contributed by atoms with van der Waals surface area (Å²) in [7, 11) is 0. The molecule has 2 aromatic carbocycles. The van der Waals surface area contributed by atoms with E-state index in [-0.39, 0.29) is 17.6 Å². The maximum Gasteiger partial charge on any atom is 0.270 e. The van der Waals surface area contributed by atoms with Gasteiger partial charge >= 0.3 is 0 Å². The van der Waals surface area contributed by atoms with Gasteiger partial charge in [0, 0.05) is 5.02 Å². The number of primary amides is 1. The number of hydrogen-bond acceptors (Lipinski definition) is 4. The van der Waals surface area contributed by atoms with Crippen molar-refractivity contribution in [2.75, 3.05) is 0 Å². The molecule has 1 aliphatic carbocycles. The molecule has 1 saturated carbocycles. The van der Waals surface area contributed by atoms with Crippen molar-refractivity contribution in [3.05, 3.63) is 76.6 Å². The van der Waals surface area contributed by atoms with Crippen molar-refractivity contribution < 1.29 is 9.59 Å². The Kier molecular flexibility index (Phi) is 5.78. The van der Waals surface area contributed by atoms with Gasteiger partial charge in [-0.2, -0.15) is 0 Å². The number of aromatic nitrogens is 3. The lowest BCUT2D eigenvalue weighted by molar-refractivity contribution is -0.127. The van der Waals surface area contributed by atoms with Crippen molar-refractivity contribution in [3.63, 3.8) is 0 Å². The van der Waals surface area contributed by atoms with Crippen molar-refractivity contribution in [2.24, 2.45) is 5.73 Å².